The van der Waals surface area contributed by atoms with E-state index in [1.807, 2.05) is 0 Å². The van der Waals surface area contributed by atoms with Crippen LogP contribution in [0.2, 0.25) is 0 Å². The van der Waals surface area contributed by atoms with Gasteiger partial charge in [0.05, 0.1) is 11.3 Å². The van der Waals surface area contributed by atoms with Gasteiger partial charge >= 0.3 is 0 Å². The molecule has 0 aromatic heterocycles. The fourth-order valence-electron chi connectivity index (χ4n) is 2.15. The van der Waals surface area contributed by atoms with Crippen molar-refractivity contribution in [3.63, 3.8) is 0 Å². The number of piperidine rings is 1. The number of fused-ring (bicyclic) bond motifs is 1. The van der Waals surface area contributed by atoms with E-state index in [1.165, 1.54) is 6.42 Å². The summed E-state index contributed by atoms with van der Waals surface area (Å²) in [6.07, 6.45) is 2.37. The number of hydrogen-bond acceptors (Lipinski definition) is 3. The van der Waals surface area contributed by atoms with Crippen molar-refractivity contribution in [2.45, 2.75) is 18.9 Å². The van der Waals surface area contributed by atoms with Crippen molar-refractivity contribution in [2.24, 2.45) is 11.2 Å². The minimum atomic E-state index is 0.390. The number of rotatable bonds is 1. The fourth-order valence-corrected chi connectivity index (χ4v) is 2.15. The van der Waals surface area contributed by atoms with Gasteiger partial charge < -0.3 is 5.32 Å². The Bertz CT molecular complexity index is 162. The van der Waals surface area contributed by atoms with Gasteiger partial charge in [-0.2, -0.15) is 0 Å². The summed E-state index contributed by atoms with van der Waals surface area (Å²) in [5, 5.41) is 8.02. The van der Waals surface area contributed by atoms with Gasteiger partial charge in [-0.15, -0.1) is 4.91 Å². The summed E-state index contributed by atoms with van der Waals surface area (Å²) in [6, 6.07) is 0.390. The average molecular weight is 155 g/mol. The summed E-state index contributed by atoms with van der Waals surface area (Å²) in [7, 11) is 0. The fraction of sp³-hybridized carbons (Fsp3) is 1.00. The van der Waals surface area contributed by atoms with Crippen LogP contribution in [0.5, 0.6) is 0 Å². The highest BCUT2D eigenvalue weighted by Crippen LogP contribution is 2.25. The van der Waals surface area contributed by atoms with Crippen molar-refractivity contribution in [3.8, 4) is 0 Å². The molecule has 0 aliphatic carbocycles. The number of hydrogen-bond donors (Lipinski definition) is 1. The largest absolute Gasteiger partial charge is 0.314 e. The lowest BCUT2D eigenvalue weighted by Gasteiger charge is -2.31. The molecule has 0 aromatic carbocycles. The van der Waals surface area contributed by atoms with Crippen molar-refractivity contribution in [2.75, 3.05) is 19.6 Å². The standard InChI is InChI=1S/C7H13N3O/c11-9-10-3-1-2-6-4-8-5-7(6)10/h6-8H,1-5H2/t6-,7+/m0/s1. The van der Waals surface area contributed by atoms with Gasteiger partial charge in [0.1, 0.15) is 0 Å². The van der Waals surface area contributed by atoms with Gasteiger partial charge in [-0.25, -0.2) is 0 Å². The predicted molar refractivity (Wildman–Crippen MR) is 41.9 cm³/mol. The van der Waals surface area contributed by atoms with Gasteiger partial charge in [-0.05, 0) is 18.8 Å². The molecule has 0 radical (unpaired) electrons. The second-order valence-corrected chi connectivity index (χ2v) is 3.37. The highest BCUT2D eigenvalue weighted by atomic mass is 16.3. The summed E-state index contributed by atoms with van der Waals surface area (Å²) < 4.78 is 0. The van der Waals surface area contributed by atoms with Crippen molar-refractivity contribution in [1.29, 1.82) is 0 Å². The van der Waals surface area contributed by atoms with Crippen LogP contribution in [0.3, 0.4) is 0 Å². The lowest BCUT2D eigenvalue weighted by molar-refractivity contribution is 0.128. The summed E-state index contributed by atoms with van der Waals surface area (Å²) in [5.74, 6) is 0.668. The lowest BCUT2D eigenvalue weighted by atomic mass is 9.93. The molecule has 2 aliphatic rings. The third kappa shape index (κ3) is 1.11. The Kier molecular flexibility index (Phi) is 1.77. The highest BCUT2D eigenvalue weighted by Gasteiger charge is 2.35. The van der Waals surface area contributed by atoms with Gasteiger partial charge in [0.25, 0.3) is 0 Å². The Hall–Kier alpha value is -0.640. The molecule has 1 N–H and O–H groups in total. The first kappa shape index (κ1) is 7.03. The Balaban J connectivity index is 2.06. The van der Waals surface area contributed by atoms with E-state index in [-0.39, 0.29) is 0 Å². The predicted octanol–water partition coefficient (Wildman–Crippen LogP) is 0.352. The Morgan fingerprint density at radius 3 is 3.18 bits per heavy atom. The molecule has 0 aromatic rings. The molecule has 2 saturated heterocycles. The summed E-state index contributed by atoms with van der Waals surface area (Å²) in [4.78, 5) is 10.4. The van der Waals surface area contributed by atoms with Crippen molar-refractivity contribution < 1.29 is 0 Å². The van der Waals surface area contributed by atoms with Crippen molar-refractivity contribution in [3.05, 3.63) is 4.91 Å². The second kappa shape index (κ2) is 2.77. The Morgan fingerprint density at radius 1 is 1.45 bits per heavy atom. The van der Waals surface area contributed by atoms with Gasteiger partial charge in [-0.1, -0.05) is 0 Å². The van der Waals surface area contributed by atoms with E-state index in [0.29, 0.717) is 12.0 Å². The number of nitrogens with one attached hydrogen (secondary N) is 1. The molecule has 4 nitrogen and oxygen atoms in total. The number of nitroso groups, excluding NO2 is 1. The molecular formula is C7H13N3O. The van der Waals surface area contributed by atoms with Crippen LogP contribution in [-0.2, 0) is 0 Å². The molecule has 0 amide bonds. The highest BCUT2D eigenvalue weighted by molar-refractivity contribution is 4.90. The van der Waals surface area contributed by atoms with E-state index in [1.54, 1.807) is 5.01 Å². The maximum atomic E-state index is 10.4. The number of nitrogens with zero attached hydrogens (tertiary/aromatic N) is 2. The molecule has 2 aliphatic heterocycles. The van der Waals surface area contributed by atoms with Crippen LogP contribution in [-0.4, -0.2) is 30.7 Å². The second-order valence-electron chi connectivity index (χ2n) is 3.37. The van der Waals surface area contributed by atoms with E-state index < -0.39 is 0 Å². The van der Waals surface area contributed by atoms with Crippen molar-refractivity contribution >= 4 is 0 Å². The molecule has 0 bridgehead atoms. The molecule has 0 unspecified atom stereocenters. The summed E-state index contributed by atoms with van der Waals surface area (Å²) >= 11 is 0. The quantitative estimate of drug-likeness (QED) is 0.556. The third-order valence-corrected chi connectivity index (χ3v) is 2.75. The molecular weight excluding hydrogens is 142 g/mol. The van der Waals surface area contributed by atoms with Crippen LogP contribution in [0, 0.1) is 10.8 Å². The van der Waals surface area contributed by atoms with E-state index in [2.05, 4.69) is 10.6 Å². The summed E-state index contributed by atoms with van der Waals surface area (Å²) in [5.41, 5.74) is 0. The lowest BCUT2D eigenvalue weighted by Crippen LogP contribution is -2.41. The van der Waals surface area contributed by atoms with E-state index in [9.17, 15) is 4.91 Å². The molecule has 2 rings (SSSR count). The Labute approximate surface area is 65.9 Å². The minimum Gasteiger partial charge on any atom is -0.314 e. The van der Waals surface area contributed by atoms with Crippen LogP contribution in [0.15, 0.2) is 5.29 Å². The monoisotopic (exact) mass is 155 g/mol. The van der Waals surface area contributed by atoms with Crippen LogP contribution in [0.4, 0.5) is 0 Å². The van der Waals surface area contributed by atoms with Crippen molar-refractivity contribution in [1.82, 2.24) is 10.3 Å². The molecule has 0 spiro atoms. The zero-order valence-electron chi connectivity index (χ0n) is 6.49. The summed E-state index contributed by atoms with van der Waals surface area (Å²) in [6.45, 7) is 2.86. The van der Waals surface area contributed by atoms with E-state index >= 15 is 0 Å². The third-order valence-electron chi connectivity index (χ3n) is 2.75. The molecule has 11 heavy (non-hydrogen) atoms. The normalized spacial score (nSPS) is 36.9. The van der Waals surface area contributed by atoms with E-state index in [0.717, 1.165) is 26.1 Å². The first-order valence-corrected chi connectivity index (χ1v) is 4.22. The van der Waals surface area contributed by atoms with Crippen LogP contribution in [0.25, 0.3) is 0 Å². The van der Waals surface area contributed by atoms with Gasteiger partial charge in [0.15, 0.2) is 0 Å². The molecule has 4 heteroatoms. The molecule has 0 saturated carbocycles. The molecule has 62 valence electrons. The van der Waals surface area contributed by atoms with Crippen LogP contribution >= 0.6 is 0 Å². The zero-order valence-corrected chi connectivity index (χ0v) is 6.49. The molecule has 2 atom stereocenters. The SMILES string of the molecule is O=NN1CCC[C@H]2CNC[C@H]21. The Morgan fingerprint density at radius 2 is 2.36 bits per heavy atom. The van der Waals surface area contributed by atoms with Gasteiger partial charge in [0, 0.05) is 19.6 Å². The maximum Gasteiger partial charge on any atom is 0.0667 e. The minimum absolute atomic E-state index is 0.390. The van der Waals surface area contributed by atoms with Gasteiger partial charge in [-0.3, -0.25) is 5.01 Å². The van der Waals surface area contributed by atoms with Crippen LogP contribution in [0.1, 0.15) is 12.8 Å². The van der Waals surface area contributed by atoms with Gasteiger partial charge in [0.2, 0.25) is 0 Å². The average Bonchev–Trinajstić information content (AvgIpc) is 2.50. The zero-order chi connectivity index (χ0) is 7.68. The van der Waals surface area contributed by atoms with E-state index in [4.69, 9.17) is 0 Å². The smallest absolute Gasteiger partial charge is 0.0667 e. The molecule has 2 fully saturated rings. The first-order valence-electron chi connectivity index (χ1n) is 4.22. The maximum absolute atomic E-state index is 10.4. The molecule has 2 heterocycles. The van der Waals surface area contributed by atoms with Crippen LogP contribution < -0.4 is 5.32 Å². The topological polar surface area (TPSA) is 44.7 Å². The first-order chi connectivity index (χ1) is 5.42.